The lowest BCUT2D eigenvalue weighted by Gasteiger charge is -1.97. The van der Waals surface area contributed by atoms with Crippen molar-refractivity contribution in [1.82, 2.24) is 0 Å². The van der Waals surface area contributed by atoms with Crippen LogP contribution in [0.25, 0.3) is 0 Å². The van der Waals surface area contributed by atoms with Crippen molar-refractivity contribution in [2.75, 3.05) is 23.9 Å². The second-order valence-corrected chi connectivity index (χ2v) is 3.37. The fourth-order valence-corrected chi connectivity index (χ4v) is 0.873. The molecule has 0 saturated carbocycles. The Morgan fingerprint density at radius 3 is 2.20 bits per heavy atom. The Morgan fingerprint density at radius 1 is 1.00 bits per heavy atom. The molecule has 6 heteroatoms. The van der Waals surface area contributed by atoms with E-state index in [1.165, 1.54) is 0 Å². The smallest absolute Gasteiger partial charge is 0.317 e. The molecule has 84 valence electrons. The van der Waals surface area contributed by atoms with Gasteiger partial charge in [0.2, 0.25) is 0 Å². The van der Waals surface area contributed by atoms with Crippen molar-refractivity contribution in [1.29, 1.82) is 0 Å². The highest BCUT2D eigenvalue weighted by Gasteiger charge is 1.96. The molecule has 0 fully saturated rings. The molecule has 0 aliphatic carbocycles. The van der Waals surface area contributed by atoms with Crippen LogP contribution in [0.2, 0.25) is 0 Å². The second-order valence-electron chi connectivity index (χ2n) is 2.25. The highest BCUT2D eigenvalue weighted by atomic mass is 79.9. The molecule has 0 aromatic rings. The number of esters is 2. The maximum Gasteiger partial charge on any atom is 0.317 e. The summed E-state index contributed by atoms with van der Waals surface area (Å²) in [5.74, 6) is 4.67. The number of alkyl halides is 2. The average molecular weight is 342 g/mol. The molecule has 0 amide bonds. The second kappa shape index (κ2) is 9.99. The quantitative estimate of drug-likeness (QED) is 0.327. The minimum absolute atomic E-state index is 0.0663. The summed E-state index contributed by atoms with van der Waals surface area (Å²) in [5.41, 5.74) is 0. The number of carbonyl (C=O) groups excluding carboxylic acids is 2. The summed E-state index contributed by atoms with van der Waals surface area (Å²) in [5, 5.41) is 0.348. The Kier molecular flexibility index (Phi) is 9.63. The molecule has 0 heterocycles. The molecule has 0 radical (unpaired) electrons. The van der Waals surface area contributed by atoms with E-state index in [-0.39, 0.29) is 35.8 Å². The molecule has 0 bridgehead atoms. The molecule has 0 rings (SSSR count). The molecule has 15 heavy (non-hydrogen) atoms. The summed E-state index contributed by atoms with van der Waals surface area (Å²) in [4.78, 5) is 21.3. The molecule has 0 saturated heterocycles. The Labute approximate surface area is 105 Å². The molecule has 0 aliphatic rings. The van der Waals surface area contributed by atoms with Crippen molar-refractivity contribution < 1.29 is 19.1 Å². The Hall–Kier alpha value is -0.540. The van der Waals surface area contributed by atoms with E-state index in [9.17, 15) is 9.59 Å². The van der Waals surface area contributed by atoms with Crippen LogP contribution >= 0.6 is 31.9 Å². The fraction of sp³-hybridized carbons (Fsp3) is 0.556. The van der Waals surface area contributed by atoms with Gasteiger partial charge in [-0.3, -0.25) is 9.59 Å². The van der Waals surface area contributed by atoms with E-state index in [0.29, 0.717) is 6.42 Å². The number of hydrogen-bond acceptors (Lipinski definition) is 4. The molecule has 0 aromatic carbocycles. The van der Waals surface area contributed by atoms with E-state index >= 15 is 0 Å². The zero-order valence-electron chi connectivity index (χ0n) is 7.92. The van der Waals surface area contributed by atoms with Gasteiger partial charge in [-0.2, -0.15) is 0 Å². The van der Waals surface area contributed by atoms with Crippen LogP contribution < -0.4 is 0 Å². The largest absolute Gasteiger partial charge is 0.464 e. The molecule has 4 nitrogen and oxygen atoms in total. The Bertz CT molecular complexity index is 267. The predicted octanol–water partition coefficient (Wildman–Crippen LogP) is 1.26. The first-order valence-corrected chi connectivity index (χ1v) is 6.34. The van der Waals surface area contributed by atoms with Gasteiger partial charge >= 0.3 is 11.9 Å². The molecule has 0 spiro atoms. The van der Waals surface area contributed by atoms with E-state index < -0.39 is 0 Å². The standard InChI is InChI=1S/C9H10Br2O4/c10-6-8(12)14-4-2-1-3-5-15-9(13)7-11/h2,4-7H2. The molecule has 0 unspecified atom stereocenters. The number of rotatable bonds is 5. The summed E-state index contributed by atoms with van der Waals surface area (Å²) < 4.78 is 9.40. The van der Waals surface area contributed by atoms with E-state index in [1.54, 1.807) is 0 Å². The van der Waals surface area contributed by atoms with Gasteiger partial charge < -0.3 is 9.47 Å². The van der Waals surface area contributed by atoms with E-state index in [0.717, 1.165) is 0 Å². The van der Waals surface area contributed by atoms with Gasteiger partial charge in [0, 0.05) is 6.42 Å². The van der Waals surface area contributed by atoms with Crippen LogP contribution in [-0.4, -0.2) is 35.8 Å². The lowest BCUT2D eigenvalue weighted by atomic mass is 10.4. The third-order valence-corrected chi connectivity index (χ3v) is 2.05. The highest BCUT2D eigenvalue weighted by molar-refractivity contribution is 9.09. The van der Waals surface area contributed by atoms with Crippen molar-refractivity contribution in [3.05, 3.63) is 0 Å². The lowest BCUT2D eigenvalue weighted by molar-refractivity contribution is -0.140. The summed E-state index contributed by atoms with van der Waals surface area (Å²) in [6.07, 6.45) is 0.435. The van der Waals surface area contributed by atoms with Gasteiger partial charge in [0.05, 0.1) is 0 Å². The lowest BCUT2D eigenvalue weighted by Crippen LogP contribution is -2.06. The first-order valence-electron chi connectivity index (χ1n) is 4.09. The molecule has 0 atom stereocenters. The van der Waals surface area contributed by atoms with Gasteiger partial charge in [-0.1, -0.05) is 43.7 Å². The Morgan fingerprint density at radius 2 is 1.60 bits per heavy atom. The van der Waals surface area contributed by atoms with Crippen LogP contribution in [-0.2, 0) is 19.1 Å². The predicted molar refractivity (Wildman–Crippen MR) is 61.9 cm³/mol. The van der Waals surface area contributed by atoms with Crippen molar-refractivity contribution >= 4 is 43.8 Å². The number of hydrogen-bond donors (Lipinski definition) is 0. The molecule has 0 N–H and O–H groups in total. The van der Waals surface area contributed by atoms with Crippen LogP contribution in [0.1, 0.15) is 6.42 Å². The van der Waals surface area contributed by atoms with Gasteiger partial charge in [0.15, 0.2) is 6.61 Å². The SMILES string of the molecule is O=C(CBr)OCC#CCCOC(=O)CBr. The zero-order valence-corrected chi connectivity index (χ0v) is 11.1. The zero-order chi connectivity index (χ0) is 11.5. The van der Waals surface area contributed by atoms with E-state index in [4.69, 9.17) is 4.74 Å². The third-order valence-electron chi connectivity index (χ3n) is 1.14. The molecular formula is C9H10Br2O4. The van der Waals surface area contributed by atoms with Gasteiger partial charge in [-0.05, 0) is 0 Å². The Balaban J connectivity index is 3.39. The van der Waals surface area contributed by atoms with Crippen molar-refractivity contribution in [3.8, 4) is 11.8 Å². The van der Waals surface area contributed by atoms with Gasteiger partial charge in [-0.15, -0.1) is 0 Å². The topological polar surface area (TPSA) is 52.6 Å². The summed E-state index contributed by atoms with van der Waals surface area (Å²) in [6, 6.07) is 0. The first kappa shape index (κ1) is 14.5. The van der Waals surface area contributed by atoms with Crippen LogP contribution in [0, 0.1) is 11.8 Å². The van der Waals surface area contributed by atoms with Crippen LogP contribution in [0.5, 0.6) is 0 Å². The first-order chi connectivity index (χ1) is 7.20. The van der Waals surface area contributed by atoms with Crippen molar-refractivity contribution in [2.45, 2.75) is 6.42 Å². The summed E-state index contributed by atoms with van der Waals surface area (Å²) in [6.45, 7) is 0.320. The third kappa shape index (κ3) is 9.76. The summed E-state index contributed by atoms with van der Waals surface area (Å²) in [7, 11) is 0. The van der Waals surface area contributed by atoms with Gasteiger partial charge in [-0.25, -0.2) is 0 Å². The van der Waals surface area contributed by atoms with Gasteiger partial charge in [0.25, 0.3) is 0 Å². The monoisotopic (exact) mass is 340 g/mol. The maximum absolute atomic E-state index is 10.6. The molecule has 0 aromatic heterocycles. The highest BCUT2D eigenvalue weighted by Crippen LogP contribution is 1.87. The van der Waals surface area contributed by atoms with Crippen LogP contribution in [0.3, 0.4) is 0 Å². The van der Waals surface area contributed by atoms with Crippen LogP contribution in [0.4, 0.5) is 0 Å². The average Bonchev–Trinajstić information content (AvgIpc) is 2.26. The minimum Gasteiger partial charge on any atom is -0.464 e. The van der Waals surface area contributed by atoms with Crippen molar-refractivity contribution in [3.63, 3.8) is 0 Å². The van der Waals surface area contributed by atoms with Gasteiger partial charge in [0.1, 0.15) is 17.3 Å². The van der Waals surface area contributed by atoms with Crippen LogP contribution in [0.15, 0.2) is 0 Å². The number of halogens is 2. The van der Waals surface area contributed by atoms with E-state index in [2.05, 4.69) is 48.4 Å². The number of carbonyl (C=O) groups is 2. The molecule has 0 aliphatic heterocycles. The molecular weight excluding hydrogens is 332 g/mol. The fourth-order valence-electron chi connectivity index (χ4n) is 0.549. The maximum atomic E-state index is 10.6. The minimum atomic E-state index is -0.352. The normalized spacial score (nSPS) is 8.67. The van der Waals surface area contributed by atoms with E-state index in [1.807, 2.05) is 0 Å². The number of ether oxygens (including phenoxy) is 2. The summed E-state index contributed by atoms with van der Waals surface area (Å²) >= 11 is 5.91. The van der Waals surface area contributed by atoms with Crippen molar-refractivity contribution in [2.24, 2.45) is 0 Å².